The van der Waals surface area contributed by atoms with Crippen molar-refractivity contribution in [3.05, 3.63) is 24.3 Å². The Morgan fingerprint density at radius 3 is 2.61 bits per heavy atom. The fraction of sp³-hybridized carbons (Fsp3) is 0.385. The van der Waals surface area contributed by atoms with Crippen LogP contribution in [0.3, 0.4) is 0 Å². The first-order chi connectivity index (χ1) is 8.71. The number of nitriles is 1. The van der Waals surface area contributed by atoms with Gasteiger partial charge in [0, 0.05) is 24.5 Å². The number of likely N-dealkylation sites (N-methyl/N-ethyl adjacent to an activating group) is 1. The van der Waals surface area contributed by atoms with Gasteiger partial charge in [0.25, 0.3) is 0 Å². The van der Waals surface area contributed by atoms with Crippen LogP contribution >= 0.6 is 0 Å². The lowest BCUT2D eigenvalue weighted by molar-refractivity contribution is -0.115. The third-order valence-electron chi connectivity index (χ3n) is 2.51. The zero-order valence-corrected chi connectivity index (χ0v) is 10.4. The van der Waals surface area contributed by atoms with Gasteiger partial charge in [0.05, 0.1) is 12.7 Å². The van der Waals surface area contributed by atoms with Gasteiger partial charge < -0.3 is 15.3 Å². The number of nitrogens with one attached hydrogen (secondary N) is 1. The summed E-state index contributed by atoms with van der Waals surface area (Å²) in [5.74, 6) is -0.312. The van der Waals surface area contributed by atoms with Gasteiger partial charge >= 0.3 is 0 Å². The maximum absolute atomic E-state index is 11.2. The third-order valence-corrected chi connectivity index (χ3v) is 2.51. The van der Waals surface area contributed by atoms with E-state index in [0.29, 0.717) is 12.2 Å². The summed E-state index contributed by atoms with van der Waals surface area (Å²) in [4.78, 5) is 13.2. The van der Waals surface area contributed by atoms with E-state index in [1.165, 1.54) is 0 Å². The molecule has 1 rings (SSSR count). The molecule has 0 aromatic heterocycles. The van der Waals surface area contributed by atoms with Gasteiger partial charge in [0.1, 0.15) is 6.42 Å². The summed E-state index contributed by atoms with van der Waals surface area (Å²) in [6.45, 7) is 3.50. The molecule has 0 aliphatic rings. The van der Waals surface area contributed by atoms with E-state index in [1.807, 2.05) is 24.0 Å². The number of carbonyl (C=O) groups is 1. The number of benzene rings is 1. The van der Waals surface area contributed by atoms with E-state index in [1.54, 1.807) is 18.2 Å². The minimum Gasteiger partial charge on any atom is -0.395 e. The number of hydrogen-bond acceptors (Lipinski definition) is 4. The molecule has 0 bridgehead atoms. The van der Waals surface area contributed by atoms with Crippen molar-refractivity contribution >= 4 is 17.3 Å². The van der Waals surface area contributed by atoms with Crippen molar-refractivity contribution in [3.8, 4) is 6.07 Å². The molecule has 0 spiro atoms. The van der Waals surface area contributed by atoms with Crippen LogP contribution in [0.25, 0.3) is 0 Å². The molecular formula is C13H17N3O2. The van der Waals surface area contributed by atoms with Crippen LogP contribution in [0, 0.1) is 11.3 Å². The number of anilines is 2. The molecule has 2 N–H and O–H groups in total. The molecule has 5 heteroatoms. The molecule has 5 nitrogen and oxygen atoms in total. The quantitative estimate of drug-likeness (QED) is 0.795. The Kier molecular flexibility index (Phi) is 5.68. The number of aliphatic hydroxyl groups excluding tert-OH is 1. The van der Waals surface area contributed by atoms with Gasteiger partial charge in [-0.1, -0.05) is 0 Å². The first kappa shape index (κ1) is 14.0. The van der Waals surface area contributed by atoms with Crippen LogP contribution < -0.4 is 10.2 Å². The first-order valence-corrected chi connectivity index (χ1v) is 5.84. The fourth-order valence-electron chi connectivity index (χ4n) is 1.62. The highest BCUT2D eigenvalue weighted by molar-refractivity contribution is 5.92. The summed E-state index contributed by atoms with van der Waals surface area (Å²) in [6, 6.07) is 9.11. The van der Waals surface area contributed by atoms with Crippen LogP contribution in [0.5, 0.6) is 0 Å². The Morgan fingerprint density at radius 1 is 1.44 bits per heavy atom. The summed E-state index contributed by atoms with van der Waals surface area (Å²) in [7, 11) is 0. The highest BCUT2D eigenvalue weighted by Gasteiger charge is 2.04. The maximum atomic E-state index is 11.2. The van der Waals surface area contributed by atoms with Crippen LogP contribution in [-0.2, 0) is 4.79 Å². The summed E-state index contributed by atoms with van der Waals surface area (Å²) in [5.41, 5.74) is 1.66. The minimum atomic E-state index is -0.312. The van der Waals surface area contributed by atoms with Crippen LogP contribution in [-0.4, -0.2) is 30.7 Å². The minimum absolute atomic E-state index is 0.106. The average molecular weight is 247 g/mol. The van der Waals surface area contributed by atoms with Crippen molar-refractivity contribution in [1.82, 2.24) is 0 Å². The van der Waals surface area contributed by atoms with Crippen molar-refractivity contribution in [3.63, 3.8) is 0 Å². The van der Waals surface area contributed by atoms with E-state index in [-0.39, 0.29) is 18.9 Å². The van der Waals surface area contributed by atoms with E-state index < -0.39 is 0 Å². The fourth-order valence-corrected chi connectivity index (χ4v) is 1.62. The number of carbonyl (C=O) groups excluding carboxylic acids is 1. The topological polar surface area (TPSA) is 76.4 Å². The lowest BCUT2D eigenvalue weighted by Crippen LogP contribution is -2.26. The number of hydrogen-bond donors (Lipinski definition) is 2. The molecular weight excluding hydrogens is 230 g/mol. The molecule has 1 aromatic rings. The molecule has 0 heterocycles. The zero-order chi connectivity index (χ0) is 13.4. The van der Waals surface area contributed by atoms with E-state index in [4.69, 9.17) is 10.4 Å². The molecule has 0 aliphatic heterocycles. The van der Waals surface area contributed by atoms with Gasteiger partial charge in [-0.2, -0.15) is 5.26 Å². The monoisotopic (exact) mass is 247 g/mol. The number of rotatable bonds is 6. The standard InChI is InChI=1S/C13H17N3O2/c1-2-16(9-10-17)12-5-3-11(4-6-12)15-13(18)7-8-14/h3-6,17H,2,7,9-10H2,1H3,(H,15,18). The normalized spacial score (nSPS) is 9.61. The van der Waals surface area contributed by atoms with Crippen LogP contribution in [0.1, 0.15) is 13.3 Å². The molecule has 96 valence electrons. The van der Waals surface area contributed by atoms with Crippen molar-refractivity contribution < 1.29 is 9.90 Å². The van der Waals surface area contributed by atoms with Gasteiger partial charge in [-0.25, -0.2) is 0 Å². The van der Waals surface area contributed by atoms with Gasteiger partial charge in [-0.15, -0.1) is 0 Å². The summed E-state index contributed by atoms with van der Waals surface area (Å²) in [6.07, 6.45) is -0.145. The van der Waals surface area contributed by atoms with Gasteiger partial charge in [0.2, 0.25) is 5.91 Å². The first-order valence-electron chi connectivity index (χ1n) is 5.84. The zero-order valence-electron chi connectivity index (χ0n) is 10.4. The number of nitrogens with zero attached hydrogens (tertiary/aromatic N) is 2. The molecule has 0 aliphatic carbocycles. The summed E-state index contributed by atoms with van der Waals surface area (Å²) >= 11 is 0. The molecule has 0 unspecified atom stereocenters. The van der Waals surface area contributed by atoms with Crippen molar-refractivity contribution in [2.45, 2.75) is 13.3 Å². The predicted molar refractivity (Wildman–Crippen MR) is 70.3 cm³/mol. The van der Waals surface area contributed by atoms with Crippen LogP contribution in [0.15, 0.2) is 24.3 Å². The van der Waals surface area contributed by atoms with Crippen molar-refractivity contribution in [1.29, 1.82) is 5.26 Å². The second-order valence-electron chi connectivity index (χ2n) is 3.73. The molecule has 18 heavy (non-hydrogen) atoms. The van der Waals surface area contributed by atoms with Crippen molar-refractivity contribution in [2.75, 3.05) is 29.9 Å². The van der Waals surface area contributed by atoms with Crippen LogP contribution in [0.2, 0.25) is 0 Å². The molecule has 0 saturated carbocycles. The van der Waals surface area contributed by atoms with Crippen LogP contribution in [0.4, 0.5) is 11.4 Å². The van der Waals surface area contributed by atoms with E-state index in [2.05, 4.69) is 5.32 Å². The smallest absolute Gasteiger partial charge is 0.238 e. The number of aliphatic hydroxyl groups is 1. The Morgan fingerprint density at radius 2 is 2.11 bits per heavy atom. The van der Waals surface area contributed by atoms with Crippen molar-refractivity contribution in [2.24, 2.45) is 0 Å². The molecule has 0 radical (unpaired) electrons. The van der Waals surface area contributed by atoms with E-state index >= 15 is 0 Å². The molecule has 0 atom stereocenters. The Labute approximate surface area is 107 Å². The van der Waals surface area contributed by atoms with E-state index in [9.17, 15) is 4.79 Å². The summed E-state index contributed by atoms with van der Waals surface area (Å²) < 4.78 is 0. The van der Waals surface area contributed by atoms with E-state index in [0.717, 1.165) is 12.2 Å². The molecule has 0 saturated heterocycles. The Bertz CT molecular complexity index is 423. The maximum Gasteiger partial charge on any atom is 0.238 e. The molecule has 1 aromatic carbocycles. The lowest BCUT2D eigenvalue weighted by atomic mass is 10.2. The second-order valence-corrected chi connectivity index (χ2v) is 3.73. The number of amides is 1. The average Bonchev–Trinajstić information content (AvgIpc) is 2.37. The molecule has 0 fully saturated rings. The lowest BCUT2D eigenvalue weighted by Gasteiger charge is -2.22. The van der Waals surface area contributed by atoms with Gasteiger partial charge in [0.15, 0.2) is 0 Å². The summed E-state index contributed by atoms with van der Waals surface area (Å²) in [5, 5.41) is 19.9. The molecule has 1 amide bonds. The highest BCUT2D eigenvalue weighted by atomic mass is 16.3. The van der Waals surface area contributed by atoms with Gasteiger partial charge in [-0.3, -0.25) is 4.79 Å². The van der Waals surface area contributed by atoms with Gasteiger partial charge in [-0.05, 0) is 31.2 Å². The largest absolute Gasteiger partial charge is 0.395 e. The second kappa shape index (κ2) is 7.30. The third kappa shape index (κ3) is 4.07. The highest BCUT2D eigenvalue weighted by Crippen LogP contribution is 2.17. The Balaban J connectivity index is 2.67. The predicted octanol–water partition coefficient (Wildman–Crippen LogP) is 1.36. The Hall–Kier alpha value is -2.06. The SMILES string of the molecule is CCN(CCO)c1ccc(NC(=O)CC#N)cc1.